The van der Waals surface area contributed by atoms with Gasteiger partial charge < -0.3 is 21.1 Å². The van der Waals surface area contributed by atoms with Crippen molar-refractivity contribution in [2.75, 3.05) is 26.2 Å². The SMILES string of the molecule is CCCNCC(=O)NCC(=O)NCC(=O)O. The third kappa shape index (κ3) is 8.95. The van der Waals surface area contributed by atoms with Crippen LogP contribution in [0.25, 0.3) is 0 Å². The minimum atomic E-state index is -1.12. The number of hydrogen-bond donors (Lipinski definition) is 4. The lowest BCUT2D eigenvalue weighted by Crippen LogP contribution is -2.42. The molecule has 0 bridgehead atoms. The van der Waals surface area contributed by atoms with Gasteiger partial charge in [-0.1, -0.05) is 6.92 Å². The summed E-state index contributed by atoms with van der Waals surface area (Å²) in [5.74, 6) is -1.94. The lowest BCUT2D eigenvalue weighted by atomic mass is 10.4. The van der Waals surface area contributed by atoms with Gasteiger partial charge >= 0.3 is 5.97 Å². The Labute approximate surface area is 93.6 Å². The Balaban J connectivity index is 3.51. The normalized spacial score (nSPS) is 9.56. The van der Waals surface area contributed by atoms with Crippen molar-refractivity contribution in [3.05, 3.63) is 0 Å². The molecule has 0 saturated carbocycles. The van der Waals surface area contributed by atoms with Gasteiger partial charge in [-0.3, -0.25) is 14.4 Å². The van der Waals surface area contributed by atoms with Crippen LogP contribution >= 0.6 is 0 Å². The number of nitrogens with one attached hydrogen (secondary N) is 3. The fraction of sp³-hybridized carbons (Fsp3) is 0.667. The first-order valence-corrected chi connectivity index (χ1v) is 5.02. The highest BCUT2D eigenvalue weighted by molar-refractivity contribution is 5.87. The molecule has 0 aromatic heterocycles. The summed E-state index contributed by atoms with van der Waals surface area (Å²) < 4.78 is 0. The highest BCUT2D eigenvalue weighted by Crippen LogP contribution is 1.71. The smallest absolute Gasteiger partial charge is 0.322 e. The summed E-state index contributed by atoms with van der Waals surface area (Å²) in [6.45, 7) is 2.21. The average molecular weight is 231 g/mol. The van der Waals surface area contributed by atoms with E-state index in [1.54, 1.807) is 0 Å². The molecule has 0 radical (unpaired) electrons. The van der Waals surface area contributed by atoms with Crippen LogP contribution in [-0.4, -0.2) is 49.1 Å². The molecule has 92 valence electrons. The Morgan fingerprint density at radius 1 is 1.00 bits per heavy atom. The van der Waals surface area contributed by atoms with E-state index in [-0.39, 0.29) is 19.0 Å². The van der Waals surface area contributed by atoms with Gasteiger partial charge in [0.1, 0.15) is 6.54 Å². The molecule has 7 heteroatoms. The summed E-state index contributed by atoms with van der Waals surface area (Å²) in [5, 5.41) is 15.6. The molecule has 0 spiro atoms. The minimum Gasteiger partial charge on any atom is -0.480 e. The lowest BCUT2D eigenvalue weighted by molar-refractivity contribution is -0.137. The van der Waals surface area contributed by atoms with E-state index in [4.69, 9.17) is 5.11 Å². The van der Waals surface area contributed by atoms with Crippen LogP contribution in [0.1, 0.15) is 13.3 Å². The summed E-state index contributed by atoms with van der Waals surface area (Å²) in [6, 6.07) is 0. The summed E-state index contributed by atoms with van der Waals surface area (Å²) in [6.07, 6.45) is 0.923. The highest BCUT2D eigenvalue weighted by atomic mass is 16.4. The summed E-state index contributed by atoms with van der Waals surface area (Å²) in [5.41, 5.74) is 0. The first-order valence-electron chi connectivity index (χ1n) is 5.02. The maximum Gasteiger partial charge on any atom is 0.322 e. The molecule has 0 aromatic rings. The molecule has 0 saturated heterocycles. The van der Waals surface area contributed by atoms with Gasteiger partial charge in [0, 0.05) is 0 Å². The Morgan fingerprint density at radius 3 is 2.12 bits per heavy atom. The van der Waals surface area contributed by atoms with Crippen molar-refractivity contribution in [3.63, 3.8) is 0 Å². The Hall–Kier alpha value is -1.63. The molecule has 0 heterocycles. The van der Waals surface area contributed by atoms with E-state index in [0.29, 0.717) is 0 Å². The predicted octanol–water partition coefficient (Wildman–Crippen LogP) is -1.70. The molecule has 0 unspecified atom stereocenters. The van der Waals surface area contributed by atoms with Gasteiger partial charge in [-0.2, -0.15) is 0 Å². The van der Waals surface area contributed by atoms with E-state index in [9.17, 15) is 14.4 Å². The fourth-order valence-electron chi connectivity index (χ4n) is 0.857. The van der Waals surface area contributed by atoms with Gasteiger partial charge in [-0.25, -0.2) is 0 Å². The topological polar surface area (TPSA) is 108 Å². The lowest BCUT2D eigenvalue weighted by Gasteiger charge is -2.05. The second kappa shape index (κ2) is 8.66. The van der Waals surface area contributed by atoms with Gasteiger partial charge in [0.15, 0.2) is 0 Å². The molecule has 0 aliphatic heterocycles. The number of amides is 2. The predicted molar refractivity (Wildman–Crippen MR) is 56.8 cm³/mol. The van der Waals surface area contributed by atoms with Gasteiger partial charge in [0.2, 0.25) is 11.8 Å². The van der Waals surface area contributed by atoms with Crippen molar-refractivity contribution in [3.8, 4) is 0 Å². The Bertz CT molecular complexity index is 255. The highest BCUT2D eigenvalue weighted by Gasteiger charge is 2.05. The Morgan fingerprint density at radius 2 is 1.56 bits per heavy atom. The van der Waals surface area contributed by atoms with Crippen LogP contribution in [0.15, 0.2) is 0 Å². The van der Waals surface area contributed by atoms with E-state index >= 15 is 0 Å². The second-order valence-electron chi connectivity index (χ2n) is 3.12. The second-order valence-corrected chi connectivity index (χ2v) is 3.12. The van der Waals surface area contributed by atoms with Gasteiger partial charge in [0.25, 0.3) is 0 Å². The molecule has 7 nitrogen and oxygen atoms in total. The van der Waals surface area contributed by atoms with Crippen molar-refractivity contribution in [2.45, 2.75) is 13.3 Å². The number of carboxylic acids is 1. The van der Waals surface area contributed by atoms with E-state index in [0.717, 1.165) is 13.0 Å². The average Bonchev–Trinajstić information content (AvgIpc) is 2.24. The molecule has 0 aliphatic rings. The van der Waals surface area contributed by atoms with E-state index in [2.05, 4.69) is 16.0 Å². The minimum absolute atomic E-state index is 0.153. The van der Waals surface area contributed by atoms with Crippen molar-refractivity contribution in [1.29, 1.82) is 0 Å². The van der Waals surface area contributed by atoms with Gasteiger partial charge in [0.05, 0.1) is 13.1 Å². The number of carbonyl (C=O) groups excluding carboxylic acids is 2. The van der Waals surface area contributed by atoms with Crippen LogP contribution in [0.4, 0.5) is 0 Å². The molecule has 0 aliphatic carbocycles. The quantitative estimate of drug-likeness (QED) is 0.373. The van der Waals surface area contributed by atoms with Gasteiger partial charge in [-0.05, 0) is 13.0 Å². The monoisotopic (exact) mass is 231 g/mol. The molecular weight excluding hydrogens is 214 g/mol. The molecule has 4 N–H and O–H groups in total. The zero-order valence-electron chi connectivity index (χ0n) is 9.21. The molecule has 16 heavy (non-hydrogen) atoms. The number of rotatable bonds is 8. The molecule has 0 rings (SSSR count). The first kappa shape index (κ1) is 14.4. The van der Waals surface area contributed by atoms with Crippen molar-refractivity contribution >= 4 is 17.8 Å². The maximum atomic E-state index is 11.1. The van der Waals surface area contributed by atoms with Crippen LogP contribution in [0, 0.1) is 0 Å². The fourth-order valence-corrected chi connectivity index (χ4v) is 0.857. The third-order valence-electron chi connectivity index (χ3n) is 1.60. The summed E-state index contributed by atoms with van der Waals surface area (Å²) in [4.78, 5) is 32.2. The maximum absolute atomic E-state index is 11.1. The number of aliphatic carboxylic acids is 1. The largest absolute Gasteiger partial charge is 0.480 e. The van der Waals surface area contributed by atoms with Crippen LogP contribution in [-0.2, 0) is 14.4 Å². The zero-order valence-corrected chi connectivity index (χ0v) is 9.21. The van der Waals surface area contributed by atoms with E-state index in [1.807, 2.05) is 6.92 Å². The number of carboxylic acid groups (broad SMARTS) is 1. The van der Waals surface area contributed by atoms with Crippen LogP contribution in [0.5, 0.6) is 0 Å². The third-order valence-corrected chi connectivity index (χ3v) is 1.60. The molecule has 2 amide bonds. The van der Waals surface area contributed by atoms with Crippen LogP contribution in [0.2, 0.25) is 0 Å². The summed E-state index contributed by atoms with van der Waals surface area (Å²) in [7, 11) is 0. The standard InChI is InChI=1S/C9H17N3O4/c1-2-3-10-4-7(13)11-5-8(14)12-6-9(15)16/h10H,2-6H2,1H3,(H,11,13)(H,12,14)(H,15,16). The van der Waals surface area contributed by atoms with Crippen molar-refractivity contribution in [1.82, 2.24) is 16.0 Å². The zero-order chi connectivity index (χ0) is 12.4. The summed E-state index contributed by atoms with van der Waals surface area (Å²) >= 11 is 0. The molecular formula is C9H17N3O4. The molecule has 0 aromatic carbocycles. The van der Waals surface area contributed by atoms with E-state index in [1.165, 1.54) is 0 Å². The van der Waals surface area contributed by atoms with Crippen molar-refractivity contribution < 1.29 is 19.5 Å². The van der Waals surface area contributed by atoms with Crippen LogP contribution in [0.3, 0.4) is 0 Å². The number of carbonyl (C=O) groups is 3. The molecule has 0 atom stereocenters. The van der Waals surface area contributed by atoms with Gasteiger partial charge in [-0.15, -0.1) is 0 Å². The Kier molecular flexibility index (Phi) is 7.78. The number of hydrogen-bond acceptors (Lipinski definition) is 4. The first-order chi connectivity index (χ1) is 7.56. The van der Waals surface area contributed by atoms with Crippen molar-refractivity contribution in [2.24, 2.45) is 0 Å². The van der Waals surface area contributed by atoms with Crippen LogP contribution < -0.4 is 16.0 Å². The van der Waals surface area contributed by atoms with E-state index < -0.39 is 18.4 Å². The molecule has 0 fully saturated rings.